The number of ether oxygens (including phenoxy) is 1. The first kappa shape index (κ1) is 11.4. The van der Waals surface area contributed by atoms with Crippen LogP contribution in [0.2, 0.25) is 0 Å². The van der Waals surface area contributed by atoms with Crippen molar-refractivity contribution < 1.29 is 19.4 Å². The summed E-state index contributed by atoms with van der Waals surface area (Å²) in [5, 5.41) is 9.33. The van der Waals surface area contributed by atoms with E-state index in [1.54, 1.807) is 18.2 Å². The van der Waals surface area contributed by atoms with E-state index in [0.29, 0.717) is 19.5 Å². The molecule has 0 saturated heterocycles. The van der Waals surface area contributed by atoms with Crippen LogP contribution < -0.4 is 0 Å². The summed E-state index contributed by atoms with van der Waals surface area (Å²) in [6.07, 6.45) is 0.631. The first-order chi connectivity index (χ1) is 8.11. The zero-order valence-electron chi connectivity index (χ0n) is 9.47. The molecule has 0 unspecified atom stereocenters. The smallest absolute Gasteiger partial charge is 0.396 e. The highest BCUT2D eigenvalue weighted by molar-refractivity contribution is 6.32. The highest BCUT2D eigenvalue weighted by Crippen LogP contribution is 2.23. The highest BCUT2D eigenvalue weighted by atomic mass is 16.5. The molecule has 1 N–H and O–H groups in total. The molecule has 0 bridgehead atoms. The molecule has 0 fully saturated rings. The van der Waals surface area contributed by atoms with Gasteiger partial charge in [-0.05, 0) is 29.7 Å². The van der Waals surface area contributed by atoms with E-state index < -0.39 is 11.9 Å². The van der Waals surface area contributed by atoms with Gasteiger partial charge in [-0.1, -0.05) is 6.07 Å². The number of amides is 1. The van der Waals surface area contributed by atoms with Crippen molar-refractivity contribution in [3.8, 4) is 5.75 Å². The zero-order chi connectivity index (χ0) is 12.4. The topological polar surface area (TPSA) is 66.8 Å². The minimum atomic E-state index is -0.841. The number of benzene rings is 1. The molecule has 0 saturated carbocycles. The number of fused-ring (bicyclic) bond motifs is 1. The average molecular weight is 235 g/mol. The number of rotatable bonds is 0. The molecule has 0 spiro atoms. The fourth-order valence-corrected chi connectivity index (χ4v) is 1.93. The summed E-state index contributed by atoms with van der Waals surface area (Å²) in [6.45, 7) is 0.841. The van der Waals surface area contributed by atoms with Gasteiger partial charge in [0, 0.05) is 13.1 Å². The monoisotopic (exact) mass is 235 g/mol. The third-order valence-electron chi connectivity index (χ3n) is 2.85. The van der Waals surface area contributed by atoms with E-state index in [0.717, 1.165) is 11.1 Å². The van der Waals surface area contributed by atoms with Crippen molar-refractivity contribution in [2.75, 3.05) is 13.7 Å². The molecule has 1 heterocycles. The van der Waals surface area contributed by atoms with Gasteiger partial charge in [0.1, 0.15) is 5.75 Å². The lowest BCUT2D eigenvalue weighted by atomic mass is 9.99. The molecule has 1 aliphatic heterocycles. The van der Waals surface area contributed by atoms with Gasteiger partial charge in [-0.3, -0.25) is 4.79 Å². The van der Waals surface area contributed by atoms with Crippen LogP contribution in [0.4, 0.5) is 0 Å². The van der Waals surface area contributed by atoms with Crippen LogP contribution in [0.3, 0.4) is 0 Å². The minimum absolute atomic E-state index is 0.219. The van der Waals surface area contributed by atoms with Gasteiger partial charge in [-0.25, -0.2) is 4.79 Å². The fraction of sp³-hybridized carbons (Fsp3) is 0.333. The lowest BCUT2D eigenvalue weighted by Crippen LogP contribution is -2.40. The van der Waals surface area contributed by atoms with Crippen molar-refractivity contribution in [1.82, 2.24) is 4.90 Å². The Balaban J connectivity index is 2.16. The maximum Gasteiger partial charge on any atom is 0.396 e. The average Bonchev–Trinajstić information content (AvgIpc) is 2.36. The van der Waals surface area contributed by atoms with Crippen LogP contribution >= 0.6 is 0 Å². The Bertz CT molecular complexity index is 470. The van der Waals surface area contributed by atoms with Gasteiger partial charge in [0.15, 0.2) is 0 Å². The summed E-state index contributed by atoms with van der Waals surface area (Å²) in [6, 6.07) is 5.03. The largest absolute Gasteiger partial charge is 0.508 e. The van der Waals surface area contributed by atoms with Crippen molar-refractivity contribution in [3.63, 3.8) is 0 Å². The number of hydrogen-bond donors (Lipinski definition) is 1. The number of hydrogen-bond acceptors (Lipinski definition) is 4. The van der Waals surface area contributed by atoms with Crippen LogP contribution in [-0.4, -0.2) is 35.5 Å². The summed E-state index contributed by atoms with van der Waals surface area (Å²) in [4.78, 5) is 24.2. The van der Waals surface area contributed by atoms with Gasteiger partial charge in [-0.2, -0.15) is 0 Å². The van der Waals surface area contributed by atoms with Gasteiger partial charge >= 0.3 is 11.9 Å². The molecular formula is C12H13NO4. The van der Waals surface area contributed by atoms with Gasteiger partial charge in [-0.15, -0.1) is 0 Å². The van der Waals surface area contributed by atoms with Gasteiger partial charge in [0.2, 0.25) is 0 Å². The Morgan fingerprint density at radius 2 is 2.12 bits per heavy atom. The molecule has 1 aromatic rings. The van der Waals surface area contributed by atoms with Gasteiger partial charge in [0.05, 0.1) is 7.11 Å². The predicted molar refractivity (Wildman–Crippen MR) is 59.2 cm³/mol. The number of esters is 1. The number of carbonyl (C=O) groups is 2. The van der Waals surface area contributed by atoms with Crippen molar-refractivity contribution in [1.29, 1.82) is 0 Å². The summed E-state index contributed by atoms with van der Waals surface area (Å²) < 4.78 is 4.40. The number of phenols is 1. The molecule has 17 heavy (non-hydrogen) atoms. The van der Waals surface area contributed by atoms with Crippen molar-refractivity contribution in [2.45, 2.75) is 13.0 Å². The highest BCUT2D eigenvalue weighted by Gasteiger charge is 2.26. The standard InChI is InChI=1S/C12H13NO4/c1-17-12(16)11(15)13-5-4-8-6-10(14)3-2-9(8)7-13/h2-3,6,14H,4-5,7H2,1H3. The van der Waals surface area contributed by atoms with Crippen molar-refractivity contribution in [2.24, 2.45) is 0 Å². The number of phenolic OH excluding ortho intramolecular Hbond substituents is 1. The van der Waals surface area contributed by atoms with Crippen LogP contribution in [-0.2, 0) is 27.3 Å². The Morgan fingerprint density at radius 3 is 2.82 bits per heavy atom. The maximum atomic E-state index is 11.6. The van der Waals surface area contributed by atoms with Gasteiger partial charge in [0.25, 0.3) is 0 Å². The first-order valence-electron chi connectivity index (χ1n) is 5.30. The number of methoxy groups -OCH3 is 1. The van der Waals surface area contributed by atoms with Crippen LogP contribution in [0.25, 0.3) is 0 Å². The van der Waals surface area contributed by atoms with E-state index in [4.69, 9.17) is 0 Å². The second kappa shape index (κ2) is 4.45. The molecule has 1 amide bonds. The van der Waals surface area contributed by atoms with E-state index in [9.17, 15) is 14.7 Å². The predicted octanol–water partition coefficient (Wildman–Crippen LogP) is 0.450. The molecule has 0 aromatic heterocycles. The Morgan fingerprint density at radius 1 is 1.35 bits per heavy atom. The van der Waals surface area contributed by atoms with Crippen LogP contribution in [0.5, 0.6) is 5.75 Å². The number of aromatic hydroxyl groups is 1. The Kier molecular flexibility index (Phi) is 2.99. The van der Waals surface area contributed by atoms with Crippen molar-refractivity contribution in [3.05, 3.63) is 29.3 Å². The van der Waals surface area contributed by atoms with E-state index in [2.05, 4.69) is 4.74 Å². The lowest BCUT2D eigenvalue weighted by Gasteiger charge is -2.27. The molecule has 2 rings (SSSR count). The summed E-state index contributed by atoms with van der Waals surface area (Å²) in [5.41, 5.74) is 1.96. The van der Waals surface area contributed by atoms with Crippen LogP contribution in [0, 0.1) is 0 Å². The molecule has 0 atom stereocenters. The Labute approximate surface area is 98.6 Å². The summed E-state index contributed by atoms with van der Waals surface area (Å²) in [5.74, 6) is -1.24. The van der Waals surface area contributed by atoms with Crippen LogP contribution in [0.1, 0.15) is 11.1 Å². The van der Waals surface area contributed by atoms with E-state index in [1.165, 1.54) is 12.0 Å². The number of nitrogens with zero attached hydrogens (tertiary/aromatic N) is 1. The van der Waals surface area contributed by atoms with Crippen LogP contribution in [0.15, 0.2) is 18.2 Å². The zero-order valence-corrected chi connectivity index (χ0v) is 9.47. The molecule has 0 radical (unpaired) electrons. The second-order valence-corrected chi connectivity index (χ2v) is 3.92. The number of carbonyl (C=O) groups excluding carboxylic acids is 2. The molecule has 0 aliphatic carbocycles. The third kappa shape index (κ3) is 2.22. The summed E-state index contributed by atoms with van der Waals surface area (Å²) >= 11 is 0. The lowest BCUT2D eigenvalue weighted by molar-refractivity contribution is -0.158. The SMILES string of the molecule is COC(=O)C(=O)N1CCc2cc(O)ccc2C1. The van der Waals surface area contributed by atoms with E-state index in [1.807, 2.05) is 0 Å². The minimum Gasteiger partial charge on any atom is -0.508 e. The van der Waals surface area contributed by atoms with E-state index >= 15 is 0 Å². The molecule has 90 valence electrons. The molecule has 1 aromatic carbocycles. The molecule has 5 nitrogen and oxygen atoms in total. The fourth-order valence-electron chi connectivity index (χ4n) is 1.93. The maximum absolute atomic E-state index is 11.6. The first-order valence-corrected chi connectivity index (χ1v) is 5.30. The van der Waals surface area contributed by atoms with E-state index in [-0.39, 0.29) is 5.75 Å². The third-order valence-corrected chi connectivity index (χ3v) is 2.85. The van der Waals surface area contributed by atoms with Crippen molar-refractivity contribution >= 4 is 11.9 Å². The quantitative estimate of drug-likeness (QED) is 0.523. The molecular weight excluding hydrogens is 222 g/mol. The summed E-state index contributed by atoms with van der Waals surface area (Å²) in [7, 11) is 1.19. The molecule has 1 aliphatic rings. The normalized spacial score (nSPS) is 14.1. The second-order valence-electron chi connectivity index (χ2n) is 3.92. The van der Waals surface area contributed by atoms with Gasteiger partial charge < -0.3 is 14.7 Å². The Hall–Kier alpha value is -2.04. The molecule has 5 heteroatoms.